The van der Waals surface area contributed by atoms with E-state index < -0.39 is 0 Å². The highest BCUT2D eigenvalue weighted by molar-refractivity contribution is 5.34. The van der Waals surface area contributed by atoms with Crippen LogP contribution in [0.25, 0.3) is 0 Å². The number of methoxy groups -OCH3 is 2. The van der Waals surface area contributed by atoms with E-state index in [9.17, 15) is 0 Å². The average Bonchev–Trinajstić information content (AvgIpc) is 2.56. The molecule has 21 heavy (non-hydrogen) atoms. The molecule has 0 bridgehead atoms. The van der Waals surface area contributed by atoms with E-state index in [1.54, 1.807) is 14.2 Å². The Labute approximate surface area is 125 Å². The number of benzene rings is 2. The molecule has 2 aromatic carbocycles. The van der Waals surface area contributed by atoms with Crippen molar-refractivity contribution in [2.45, 2.75) is 18.6 Å². The van der Waals surface area contributed by atoms with Gasteiger partial charge in [0.25, 0.3) is 0 Å². The van der Waals surface area contributed by atoms with Crippen molar-refractivity contribution in [3.63, 3.8) is 0 Å². The molecule has 0 saturated carbocycles. The van der Waals surface area contributed by atoms with E-state index >= 15 is 0 Å². The summed E-state index contributed by atoms with van der Waals surface area (Å²) in [4.78, 5) is 0. The Morgan fingerprint density at radius 3 is 2.29 bits per heavy atom. The zero-order chi connectivity index (χ0) is 15.1. The highest BCUT2D eigenvalue weighted by Crippen LogP contribution is 2.26. The van der Waals surface area contributed by atoms with Gasteiger partial charge in [-0.1, -0.05) is 48.5 Å². The Bertz CT molecular complexity index is 545. The number of hydrogen-bond donors (Lipinski definition) is 2. The topological polar surface area (TPSA) is 56.5 Å². The van der Waals surface area contributed by atoms with E-state index in [0.717, 1.165) is 16.9 Å². The van der Waals surface area contributed by atoms with Gasteiger partial charge in [0.1, 0.15) is 5.75 Å². The minimum Gasteiger partial charge on any atom is -0.496 e. The van der Waals surface area contributed by atoms with E-state index in [0.29, 0.717) is 6.42 Å². The molecule has 0 aliphatic rings. The normalized spacial score (nSPS) is 13.7. The lowest BCUT2D eigenvalue weighted by molar-refractivity contribution is 0.0677. The van der Waals surface area contributed by atoms with Gasteiger partial charge in [-0.2, -0.15) is 0 Å². The Hall–Kier alpha value is -1.88. The fourth-order valence-corrected chi connectivity index (χ4v) is 2.54. The smallest absolute Gasteiger partial charge is 0.122 e. The molecule has 4 nitrogen and oxygen atoms in total. The van der Waals surface area contributed by atoms with Crippen molar-refractivity contribution in [3.05, 3.63) is 65.7 Å². The molecular weight excluding hydrogens is 264 g/mol. The van der Waals surface area contributed by atoms with Gasteiger partial charge < -0.3 is 9.47 Å². The molecule has 112 valence electrons. The lowest BCUT2D eigenvalue weighted by atomic mass is 9.96. The van der Waals surface area contributed by atoms with Crippen LogP contribution in [0.4, 0.5) is 0 Å². The van der Waals surface area contributed by atoms with E-state index in [-0.39, 0.29) is 12.1 Å². The monoisotopic (exact) mass is 286 g/mol. The maximum Gasteiger partial charge on any atom is 0.122 e. The number of hydrogen-bond acceptors (Lipinski definition) is 4. The zero-order valence-electron chi connectivity index (χ0n) is 12.5. The first kappa shape index (κ1) is 15.5. The largest absolute Gasteiger partial charge is 0.496 e. The van der Waals surface area contributed by atoms with Crippen molar-refractivity contribution in [3.8, 4) is 5.75 Å². The number of nitrogens with one attached hydrogen (secondary N) is 1. The van der Waals surface area contributed by atoms with E-state index in [1.165, 1.54) is 0 Å². The summed E-state index contributed by atoms with van der Waals surface area (Å²) in [6.45, 7) is 0. The first-order chi connectivity index (χ1) is 10.3. The summed E-state index contributed by atoms with van der Waals surface area (Å²) in [7, 11) is 3.37. The Kier molecular flexibility index (Phi) is 5.75. The van der Waals surface area contributed by atoms with Crippen molar-refractivity contribution in [1.82, 2.24) is 5.43 Å². The minimum absolute atomic E-state index is 0.0475. The molecule has 2 aromatic rings. The first-order valence-corrected chi connectivity index (χ1v) is 6.96. The van der Waals surface area contributed by atoms with Gasteiger partial charge in [0, 0.05) is 7.11 Å². The van der Waals surface area contributed by atoms with Gasteiger partial charge in [-0.05, 0) is 23.6 Å². The van der Waals surface area contributed by atoms with Crippen LogP contribution in [0.1, 0.15) is 17.2 Å². The second-order valence-corrected chi connectivity index (χ2v) is 4.86. The third kappa shape index (κ3) is 3.82. The van der Waals surface area contributed by atoms with Crippen LogP contribution in [-0.4, -0.2) is 20.3 Å². The van der Waals surface area contributed by atoms with Crippen LogP contribution >= 0.6 is 0 Å². The van der Waals surface area contributed by atoms with Crippen LogP contribution in [0.2, 0.25) is 0 Å². The molecule has 4 heteroatoms. The summed E-state index contributed by atoms with van der Waals surface area (Å²) in [6, 6.07) is 18.0. The van der Waals surface area contributed by atoms with Crippen molar-refractivity contribution < 1.29 is 9.47 Å². The molecule has 0 fully saturated rings. The van der Waals surface area contributed by atoms with Crippen molar-refractivity contribution in [2.75, 3.05) is 14.2 Å². The summed E-state index contributed by atoms with van der Waals surface area (Å²) in [5, 5.41) is 0. The standard InChI is InChI=1S/C17H22N2O2/c1-20-16-11-7-6-10-14(16)12-15(19-18)17(21-2)13-8-4-3-5-9-13/h3-11,15,17,19H,12,18H2,1-2H3. The zero-order valence-corrected chi connectivity index (χ0v) is 12.5. The van der Waals surface area contributed by atoms with Gasteiger partial charge in [0.05, 0.1) is 19.3 Å². The van der Waals surface area contributed by atoms with Gasteiger partial charge in [0.2, 0.25) is 0 Å². The molecule has 2 rings (SSSR count). The Morgan fingerprint density at radius 1 is 1.00 bits per heavy atom. The van der Waals surface area contributed by atoms with Gasteiger partial charge in [-0.3, -0.25) is 11.3 Å². The summed E-state index contributed by atoms with van der Waals surface area (Å²) >= 11 is 0. The molecule has 0 saturated heterocycles. The predicted octanol–water partition coefficient (Wildman–Crippen LogP) is 2.46. The molecule has 2 atom stereocenters. The Morgan fingerprint density at radius 2 is 1.67 bits per heavy atom. The fourth-order valence-electron chi connectivity index (χ4n) is 2.54. The van der Waals surface area contributed by atoms with Crippen LogP contribution in [-0.2, 0) is 11.2 Å². The highest BCUT2D eigenvalue weighted by atomic mass is 16.5. The second kappa shape index (κ2) is 7.78. The molecular formula is C17H22N2O2. The van der Waals surface area contributed by atoms with E-state index in [1.807, 2.05) is 54.6 Å². The van der Waals surface area contributed by atoms with Gasteiger partial charge in [-0.15, -0.1) is 0 Å². The van der Waals surface area contributed by atoms with E-state index in [2.05, 4.69) is 5.43 Å². The summed E-state index contributed by atoms with van der Waals surface area (Å²) in [6.07, 6.45) is 0.592. The van der Waals surface area contributed by atoms with Crippen molar-refractivity contribution in [2.24, 2.45) is 5.84 Å². The molecule has 0 heterocycles. The van der Waals surface area contributed by atoms with Crippen LogP contribution in [0, 0.1) is 0 Å². The van der Waals surface area contributed by atoms with Crippen LogP contribution in [0.15, 0.2) is 54.6 Å². The first-order valence-electron chi connectivity index (χ1n) is 6.96. The third-order valence-electron chi connectivity index (χ3n) is 3.59. The van der Waals surface area contributed by atoms with Crippen molar-refractivity contribution >= 4 is 0 Å². The second-order valence-electron chi connectivity index (χ2n) is 4.86. The number of nitrogens with two attached hydrogens (primary N) is 1. The molecule has 0 amide bonds. The van der Waals surface area contributed by atoms with E-state index in [4.69, 9.17) is 15.3 Å². The minimum atomic E-state index is -0.124. The lowest BCUT2D eigenvalue weighted by Crippen LogP contribution is -2.42. The summed E-state index contributed by atoms with van der Waals surface area (Å²) in [5.41, 5.74) is 5.06. The highest BCUT2D eigenvalue weighted by Gasteiger charge is 2.23. The van der Waals surface area contributed by atoms with Gasteiger partial charge in [-0.25, -0.2) is 0 Å². The summed E-state index contributed by atoms with van der Waals surface area (Å²) in [5.74, 6) is 6.62. The molecule has 0 radical (unpaired) electrons. The number of hydrazine groups is 1. The predicted molar refractivity (Wildman–Crippen MR) is 84.0 cm³/mol. The summed E-state index contributed by atoms with van der Waals surface area (Å²) < 4.78 is 11.1. The maximum atomic E-state index is 5.76. The number of para-hydroxylation sites is 1. The Balaban J connectivity index is 2.22. The molecule has 2 unspecified atom stereocenters. The van der Waals surface area contributed by atoms with Gasteiger partial charge in [0.15, 0.2) is 0 Å². The molecule has 3 N–H and O–H groups in total. The van der Waals surface area contributed by atoms with Crippen LogP contribution < -0.4 is 16.0 Å². The SMILES string of the molecule is COc1ccccc1CC(NN)C(OC)c1ccccc1. The quantitative estimate of drug-likeness (QED) is 0.606. The third-order valence-corrected chi connectivity index (χ3v) is 3.59. The molecule has 0 aromatic heterocycles. The molecule has 0 spiro atoms. The lowest BCUT2D eigenvalue weighted by Gasteiger charge is -2.26. The number of ether oxygens (including phenoxy) is 2. The van der Waals surface area contributed by atoms with Gasteiger partial charge >= 0.3 is 0 Å². The number of rotatable bonds is 7. The van der Waals surface area contributed by atoms with Crippen LogP contribution in [0.5, 0.6) is 5.75 Å². The maximum absolute atomic E-state index is 5.76. The van der Waals surface area contributed by atoms with Crippen molar-refractivity contribution in [1.29, 1.82) is 0 Å². The molecule has 0 aliphatic carbocycles. The van der Waals surface area contributed by atoms with Crippen LogP contribution in [0.3, 0.4) is 0 Å². The average molecular weight is 286 g/mol. The molecule has 0 aliphatic heterocycles. The fraction of sp³-hybridized carbons (Fsp3) is 0.294.